The first-order valence-corrected chi connectivity index (χ1v) is 7.93. The molecule has 0 bridgehead atoms. The maximum Gasteiger partial charge on any atom is 0.166 e. The molecule has 3 aromatic rings. The number of hydrogen-bond acceptors (Lipinski definition) is 5. The van der Waals surface area contributed by atoms with E-state index in [1.807, 2.05) is 24.4 Å². The van der Waals surface area contributed by atoms with Crippen LogP contribution in [0.15, 0.2) is 36.5 Å². The predicted octanol–water partition coefficient (Wildman–Crippen LogP) is 3.50. The first-order chi connectivity index (χ1) is 10.2. The molecule has 0 aliphatic heterocycles. The second-order valence-corrected chi connectivity index (χ2v) is 6.47. The van der Waals surface area contributed by atoms with Crippen molar-refractivity contribution in [3.8, 4) is 10.7 Å². The molecule has 0 spiro atoms. The summed E-state index contributed by atoms with van der Waals surface area (Å²) < 4.78 is 0. The lowest BCUT2D eigenvalue weighted by molar-refractivity contribution is 0.550. The maximum atomic E-state index is 4.49. The summed E-state index contributed by atoms with van der Waals surface area (Å²) in [5, 5.41) is 16.1. The topological polar surface area (TPSA) is 50.7 Å². The van der Waals surface area contributed by atoms with E-state index >= 15 is 0 Å². The van der Waals surface area contributed by atoms with Gasteiger partial charge in [-0.1, -0.05) is 49.4 Å². The van der Waals surface area contributed by atoms with E-state index in [9.17, 15) is 0 Å². The van der Waals surface area contributed by atoms with E-state index in [1.165, 1.54) is 5.39 Å². The summed E-state index contributed by atoms with van der Waals surface area (Å²) in [7, 11) is 0. The van der Waals surface area contributed by atoms with Gasteiger partial charge in [0.1, 0.15) is 10.7 Å². The Balaban J connectivity index is 1.85. The summed E-state index contributed by atoms with van der Waals surface area (Å²) in [4.78, 5) is 4.49. The van der Waals surface area contributed by atoms with E-state index in [-0.39, 0.29) is 0 Å². The van der Waals surface area contributed by atoms with Crippen LogP contribution in [0, 0.1) is 5.92 Å². The molecule has 0 saturated carbocycles. The highest BCUT2D eigenvalue weighted by atomic mass is 32.1. The molecule has 0 radical (unpaired) electrons. The van der Waals surface area contributed by atoms with Crippen LogP contribution in [-0.2, 0) is 6.54 Å². The van der Waals surface area contributed by atoms with Gasteiger partial charge < -0.3 is 5.32 Å². The zero-order valence-corrected chi connectivity index (χ0v) is 13.0. The van der Waals surface area contributed by atoms with Crippen LogP contribution in [-0.4, -0.2) is 21.7 Å². The lowest BCUT2D eigenvalue weighted by Crippen LogP contribution is -2.18. The molecule has 1 N–H and O–H groups in total. The van der Waals surface area contributed by atoms with E-state index in [0.717, 1.165) is 34.2 Å². The van der Waals surface area contributed by atoms with Crippen molar-refractivity contribution in [1.29, 1.82) is 0 Å². The number of nitrogens with one attached hydrogen (secondary N) is 1. The highest BCUT2D eigenvalue weighted by Crippen LogP contribution is 2.28. The SMILES string of the molecule is CC(C)CNCc1nnc(-c2nccc3ccccc23)s1. The van der Waals surface area contributed by atoms with Crippen molar-refractivity contribution in [1.82, 2.24) is 20.5 Å². The largest absolute Gasteiger partial charge is 0.310 e. The van der Waals surface area contributed by atoms with Crippen LogP contribution in [0.1, 0.15) is 18.9 Å². The van der Waals surface area contributed by atoms with Gasteiger partial charge in [-0.3, -0.25) is 4.98 Å². The fourth-order valence-electron chi connectivity index (χ4n) is 2.18. The van der Waals surface area contributed by atoms with Gasteiger partial charge in [0, 0.05) is 18.1 Å². The van der Waals surface area contributed by atoms with Crippen molar-refractivity contribution in [3.63, 3.8) is 0 Å². The Labute approximate surface area is 128 Å². The minimum Gasteiger partial charge on any atom is -0.310 e. The zero-order valence-electron chi connectivity index (χ0n) is 12.2. The quantitative estimate of drug-likeness (QED) is 0.783. The maximum absolute atomic E-state index is 4.49. The molecule has 0 unspecified atom stereocenters. The Morgan fingerprint density at radius 1 is 1.14 bits per heavy atom. The van der Waals surface area contributed by atoms with Crippen molar-refractivity contribution >= 4 is 22.1 Å². The summed E-state index contributed by atoms with van der Waals surface area (Å²) in [5.74, 6) is 0.636. The standard InChI is InChI=1S/C16H18N4S/c1-11(2)9-17-10-14-19-20-16(21-14)15-13-6-4-3-5-12(13)7-8-18-15/h3-8,11,17H,9-10H2,1-2H3. The van der Waals surface area contributed by atoms with Crippen LogP contribution >= 0.6 is 11.3 Å². The molecule has 21 heavy (non-hydrogen) atoms. The Kier molecular flexibility index (Phi) is 4.22. The third kappa shape index (κ3) is 3.25. The number of hydrogen-bond donors (Lipinski definition) is 1. The van der Waals surface area contributed by atoms with E-state index in [0.29, 0.717) is 5.92 Å². The molecule has 0 saturated heterocycles. The van der Waals surface area contributed by atoms with Gasteiger partial charge in [-0.25, -0.2) is 0 Å². The molecule has 4 nitrogen and oxygen atoms in total. The number of rotatable bonds is 5. The molecule has 0 amide bonds. The molecule has 5 heteroatoms. The second-order valence-electron chi connectivity index (χ2n) is 5.41. The van der Waals surface area contributed by atoms with Gasteiger partial charge in [-0.2, -0.15) is 0 Å². The van der Waals surface area contributed by atoms with E-state index in [4.69, 9.17) is 0 Å². The summed E-state index contributed by atoms with van der Waals surface area (Å²) in [6, 6.07) is 10.3. The fraction of sp³-hybridized carbons (Fsp3) is 0.312. The summed E-state index contributed by atoms with van der Waals surface area (Å²) >= 11 is 1.61. The lowest BCUT2D eigenvalue weighted by atomic mass is 10.1. The minimum atomic E-state index is 0.636. The van der Waals surface area contributed by atoms with Gasteiger partial charge in [-0.05, 0) is 23.9 Å². The van der Waals surface area contributed by atoms with E-state index in [1.54, 1.807) is 11.3 Å². The highest BCUT2D eigenvalue weighted by Gasteiger charge is 2.11. The third-order valence-corrected chi connectivity index (χ3v) is 4.10. The average molecular weight is 298 g/mol. The first kappa shape index (κ1) is 14.1. The molecule has 0 fully saturated rings. The van der Waals surface area contributed by atoms with Crippen LogP contribution in [0.4, 0.5) is 0 Å². The van der Waals surface area contributed by atoms with Gasteiger partial charge in [0.2, 0.25) is 0 Å². The number of aromatic nitrogens is 3. The Hall–Kier alpha value is -1.85. The van der Waals surface area contributed by atoms with Crippen LogP contribution in [0.25, 0.3) is 21.5 Å². The molecule has 0 aliphatic rings. The molecule has 0 atom stereocenters. The Morgan fingerprint density at radius 2 is 2.00 bits per heavy atom. The van der Waals surface area contributed by atoms with Gasteiger partial charge in [0.05, 0.1) is 0 Å². The number of pyridine rings is 1. The van der Waals surface area contributed by atoms with E-state index < -0.39 is 0 Å². The van der Waals surface area contributed by atoms with Crippen molar-refractivity contribution in [2.24, 2.45) is 5.92 Å². The minimum absolute atomic E-state index is 0.636. The summed E-state index contributed by atoms with van der Waals surface area (Å²) in [6.07, 6.45) is 1.83. The van der Waals surface area contributed by atoms with Crippen LogP contribution in [0.3, 0.4) is 0 Å². The highest BCUT2D eigenvalue weighted by molar-refractivity contribution is 7.14. The van der Waals surface area contributed by atoms with Crippen molar-refractivity contribution < 1.29 is 0 Å². The van der Waals surface area contributed by atoms with Gasteiger partial charge in [-0.15, -0.1) is 10.2 Å². The van der Waals surface area contributed by atoms with Crippen LogP contribution in [0.2, 0.25) is 0 Å². The third-order valence-electron chi connectivity index (χ3n) is 3.17. The van der Waals surface area contributed by atoms with Gasteiger partial charge in [0.15, 0.2) is 5.01 Å². The Morgan fingerprint density at radius 3 is 2.86 bits per heavy atom. The second kappa shape index (κ2) is 6.28. The molecule has 3 rings (SSSR count). The molecule has 2 aromatic heterocycles. The van der Waals surface area contributed by atoms with E-state index in [2.05, 4.69) is 46.5 Å². The molecule has 1 aromatic carbocycles. The first-order valence-electron chi connectivity index (χ1n) is 7.11. The van der Waals surface area contributed by atoms with Gasteiger partial charge >= 0.3 is 0 Å². The van der Waals surface area contributed by atoms with Crippen molar-refractivity contribution in [2.45, 2.75) is 20.4 Å². The average Bonchev–Trinajstić information content (AvgIpc) is 2.95. The number of benzene rings is 1. The normalized spacial score (nSPS) is 11.4. The number of nitrogens with zero attached hydrogens (tertiary/aromatic N) is 3. The van der Waals surface area contributed by atoms with Crippen LogP contribution < -0.4 is 5.32 Å². The molecule has 2 heterocycles. The molecule has 0 aliphatic carbocycles. The number of fused-ring (bicyclic) bond motifs is 1. The Bertz CT molecular complexity index is 730. The van der Waals surface area contributed by atoms with Crippen LogP contribution in [0.5, 0.6) is 0 Å². The summed E-state index contributed by atoms with van der Waals surface area (Å²) in [6.45, 7) is 6.14. The molecule has 108 valence electrons. The smallest absolute Gasteiger partial charge is 0.166 e. The molecular formula is C16H18N4S. The van der Waals surface area contributed by atoms with Gasteiger partial charge in [0.25, 0.3) is 0 Å². The van der Waals surface area contributed by atoms with Crippen molar-refractivity contribution in [2.75, 3.05) is 6.54 Å². The van der Waals surface area contributed by atoms with Crippen molar-refractivity contribution in [3.05, 3.63) is 41.5 Å². The lowest BCUT2D eigenvalue weighted by Gasteiger charge is -2.04. The molecular weight excluding hydrogens is 280 g/mol. The monoisotopic (exact) mass is 298 g/mol. The zero-order chi connectivity index (χ0) is 14.7. The fourth-order valence-corrected chi connectivity index (χ4v) is 3.00. The summed E-state index contributed by atoms with van der Waals surface area (Å²) in [5.41, 5.74) is 0.917. The predicted molar refractivity (Wildman–Crippen MR) is 87.2 cm³/mol.